The zero-order chi connectivity index (χ0) is 14.9. The first kappa shape index (κ1) is 15.6. The molecule has 1 aromatic heterocycles. The molecule has 1 aromatic rings. The molecule has 1 aliphatic carbocycles. The summed E-state index contributed by atoms with van der Waals surface area (Å²) in [4.78, 5) is 0. The van der Waals surface area contributed by atoms with Crippen molar-refractivity contribution >= 4 is 0 Å². The Morgan fingerprint density at radius 3 is 2.50 bits per heavy atom. The van der Waals surface area contributed by atoms with Gasteiger partial charge in [-0.25, -0.2) is 0 Å². The van der Waals surface area contributed by atoms with E-state index in [0.717, 1.165) is 37.8 Å². The highest BCUT2D eigenvalue weighted by atomic mass is 16.3. The maximum atomic E-state index is 10.4. The van der Waals surface area contributed by atoms with Crippen molar-refractivity contribution in [3.05, 3.63) is 17.5 Å². The molecular formula is C17H30N2O. The highest BCUT2D eigenvalue weighted by molar-refractivity contribution is 5.12. The van der Waals surface area contributed by atoms with E-state index in [1.807, 2.05) is 0 Å². The van der Waals surface area contributed by atoms with Crippen molar-refractivity contribution in [3.63, 3.8) is 0 Å². The normalized spacial score (nSPS) is 27.8. The summed E-state index contributed by atoms with van der Waals surface area (Å²) in [5, 5.41) is 15.2. The topological polar surface area (TPSA) is 38.0 Å². The quantitative estimate of drug-likeness (QED) is 0.914. The van der Waals surface area contributed by atoms with Crippen LogP contribution in [0.15, 0.2) is 6.07 Å². The molecule has 1 N–H and O–H groups in total. The number of aliphatic hydroxyl groups excluding tert-OH is 1. The molecule has 0 radical (unpaired) electrons. The van der Waals surface area contributed by atoms with Crippen molar-refractivity contribution in [2.45, 2.75) is 78.9 Å². The summed E-state index contributed by atoms with van der Waals surface area (Å²) in [6.07, 6.45) is 4.77. The highest BCUT2D eigenvalue weighted by Gasteiger charge is 2.37. The summed E-state index contributed by atoms with van der Waals surface area (Å²) < 4.78 is 2.13. The van der Waals surface area contributed by atoms with Gasteiger partial charge in [0.2, 0.25) is 0 Å². The SMILES string of the molecule is CCc1cc(CC)n(C2CC(C(C)(C)C)CCC2O)n1. The van der Waals surface area contributed by atoms with E-state index in [1.54, 1.807) is 0 Å². The van der Waals surface area contributed by atoms with E-state index in [2.05, 4.69) is 45.4 Å². The Balaban J connectivity index is 2.27. The second-order valence-corrected chi connectivity index (χ2v) is 7.29. The van der Waals surface area contributed by atoms with Crippen molar-refractivity contribution in [2.75, 3.05) is 0 Å². The fourth-order valence-corrected chi connectivity index (χ4v) is 3.39. The number of aryl methyl sites for hydroxylation is 2. The van der Waals surface area contributed by atoms with Gasteiger partial charge in [-0.1, -0.05) is 34.6 Å². The van der Waals surface area contributed by atoms with Gasteiger partial charge >= 0.3 is 0 Å². The molecule has 0 aromatic carbocycles. The van der Waals surface area contributed by atoms with Gasteiger partial charge in [-0.15, -0.1) is 0 Å². The number of nitrogens with zero attached hydrogens (tertiary/aromatic N) is 2. The Kier molecular flexibility index (Phi) is 4.58. The minimum Gasteiger partial charge on any atom is -0.391 e. The molecular weight excluding hydrogens is 248 g/mol. The van der Waals surface area contributed by atoms with E-state index in [-0.39, 0.29) is 12.1 Å². The molecule has 1 heterocycles. The van der Waals surface area contributed by atoms with Crippen LogP contribution in [0.25, 0.3) is 0 Å². The fourth-order valence-electron chi connectivity index (χ4n) is 3.39. The predicted octanol–water partition coefficient (Wildman–Crippen LogP) is 3.76. The molecule has 0 bridgehead atoms. The second-order valence-electron chi connectivity index (χ2n) is 7.29. The van der Waals surface area contributed by atoms with Crippen molar-refractivity contribution in [3.8, 4) is 0 Å². The van der Waals surface area contributed by atoms with E-state index in [9.17, 15) is 5.11 Å². The number of rotatable bonds is 3. The summed E-state index contributed by atoms with van der Waals surface area (Å²) in [7, 11) is 0. The number of aromatic nitrogens is 2. The second kappa shape index (κ2) is 5.88. The molecule has 0 aliphatic heterocycles. The lowest BCUT2D eigenvalue weighted by Gasteiger charge is -2.40. The molecule has 0 spiro atoms. The summed E-state index contributed by atoms with van der Waals surface area (Å²) in [5.74, 6) is 0.662. The third-order valence-corrected chi connectivity index (χ3v) is 4.91. The number of hydrogen-bond acceptors (Lipinski definition) is 2. The largest absolute Gasteiger partial charge is 0.391 e. The summed E-state index contributed by atoms with van der Waals surface area (Å²) in [6.45, 7) is 11.2. The van der Waals surface area contributed by atoms with Crippen LogP contribution in [0.2, 0.25) is 0 Å². The van der Waals surface area contributed by atoms with Gasteiger partial charge in [0.1, 0.15) is 0 Å². The summed E-state index contributed by atoms with van der Waals surface area (Å²) in [5.41, 5.74) is 2.72. The molecule has 3 nitrogen and oxygen atoms in total. The van der Waals surface area contributed by atoms with E-state index >= 15 is 0 Å². The van der Waals surface area contributed by atoms with Crippen molar-refractivity contribution in [2.24, 2.45) is 11.3 Å². The van der Waals surface area contributed by atoms with E-state index < -0.39 is 0 Å². The third-order valence-electron chi connectivity index (χ3n) is 4.91. The monoisotopic (exact) mass is 278 g/mol. The summed E-state index contributed by atoms with van der Waals surface area (Å²) >= 11 is 0. The Morgan fingerprint density at radius 1 is 1.25 bits per heavy atom. The standard InChI is InChI=1S/C17H30N2O/c1-6-13-11-14(7-2)19(18-13)15-10-12(17(3,4)5)8-9-16(15)20/h11-12,15-16,20H,6-10H2,1-5H3. The molecule has 3 heteroatoms. The van der Waals surface area contributed by atoms with Gasteiger partial charge in [0, 0.05) is 5.69 Å². The molecule has 2 rings (SSSR count). The van der Waals surface area contributed by atoms with E-state index in [1.165, 1.54) is 5.69 Å². The van der Waals surface area contributed by atoms with Crippen LogP contribution < -0.4 is 0 Å². The zero-order valence-corrected chi connectivity index (χ0v) is 13.7. The molecule has 1 fully saturated rings. The van der Waals surface area contributed by atoms with Crippen molar-refractivity contribution in [1.82, 2.24) is 9.78 Å². The van der Waals surface area contributed by atoms with Gasteiger partial charge < -0.3 is 5.11 Å². The maximum absolute atomic E-state index is 10.4. The highest BCUT2D eigenvalue weighted by Crippen LogP contribution is 2.42. The van der Waals surface area contributed by atoms with Gasteiger partial charge in [0.25, 0.3) is 0 Å². The van der Waals surface area contributed by atoms with Crippen LogP contribution in [0, 0.1) is 11.3 Å². The minimum absolute atomic E-state index is 0.156. The lowest BCUT2D eigenvalue weighted by Crippen LogP contribution is -2.37. The van der Waals surface area contributed by atoms with E-state index in [4.69, 9.17) is 5.10 Å². The molecule has 1 aliphatic rings. The molecule has 3 atom stereocenters. The Labute approximate surface area is 123 Å². The Morgan fingerprint density at radius 2 is 1.95 bits per heavy atom. The minimum atomic E-state index is -0.247. The van der Waals surface area contributed by atoms with Crippen LogP contribution in [0.3, 0.4) is 0 Å². The average Bonchev–Trinajstić information content (AvgIpc) is 2.81. The lowest BCUT2D eigenvalue weighted by molar-refractivity contribution is 0.0193. The lowest BCUT2D eigenvalue weighted by atomic mass is 9.70. The van der Waals surface area contributed by atoms with Gasteiger partial charge in [-0.05, 0) is 49.5 Å². The maximum Gasteiger partial charge on any atom is 0.0784 e. The third kappa shape index (κ3) is 3.08. The van der Waals surface area contributed by atoms with Crippen LogP contribution in [0.4, 0.5) is 0 Å². The zero-order valence-electron chi connectivity index (χ0n) is 13.7. The first-order valence-corrected chi connectivity index (χ1v) is 8.12. The summed E-state index contributed by atoms with van der Waals surface area (Å²) in [6, 6.07) is 2.36. The molecule has 0 amide bonds. The molecule has 20 heavy (non-hydrogen) atoms. The smallest absolute Gasteiger partial charge is 0.0784 e. The van der Waals surface area contributed by atoms with Gasteiger partial charge in [-0.2, -0.15) is 5.10 Å². The van der Waals surface area contributed by atoms with Gasteiger partial charge in [0.05, 0.1) is 17.8 Å². The Bertz CT molecular complexity index is 444. The predicted molar refractivity (Wildman–Crippen MR) is 82.8 cm³/mol. The molecule has 0 saturated heterocycles. The fraction of sp³-hybridized carbons (Fsp3) is 0.824. The van der Waals surface area contributed by atoms with Crippen LogP contribution in [-0.2, 0) is 12.8 Å². The first-order valence-electron chi connectivity index (χ1n) is 8.12. The first-order chi connectivity index (χ1) is 9.36. The van der Waals surface area contributed by atoms with Crippen LogP contribution in [0.5, 0.6) is 0 Å². The van der Waals surface area contributed by atoms with Crippen LogP contribution in [-0.4, -0.2) is 21.0 Å². The molecule has 3 unspecified atom stereocenters. The van der Waals surface area contributed by atoms with Crippen LogP contribution in [0.1, 0.15) is 71.3 Å². The van der Waals surface area contributed by atoms with Crippen molar-refractivity contribution < 1.29 is 5.11 Å². The average molecular weight is 278 g/mol. The van der Waals surface area contributed by atoms with Crippen molar-refractivity contribution in [1.29, 1.82) is 0 Å². The molecule has 1 saturated carbocycles. The van der Waals surface area contributed by atoms with Gasteiger partial charge in [-0.3, -0.25) is 4.68 Å². The number of aliphatic hydroxyl groups is 1. The Hall–Kier alpha value is -0.830. The van der Waals surface area contributed by atoms with E-state index in [0.29, 0.717) is 11.3 Å². The number of hydrogen-bond donors (Lipinski definition) is 1. The molecule has 114 valence electrons. The van der Waals surface area contributed by atoms with Crippen LogP contribution >= 0.6 is 0 Å². The van der Waals surface area contributed by atoms with Gasteiger partial charge in [0.15, 0.2) is 0 Å².